The summed E-state index contributed by atoms with van der Waals surface area (Å²) >= 11 is 4.25. The molecule has 0 spiro atoms. The number of aromatic nitrogens is 1. The number of likely N-dealkylation sites (N-methyl/N-ethyl adjacent to an activating group) is 1. The lowest BCUT2D eigenvalue weighted by molar-refractivity contribution is -0.130. The largest absolute Gasteiger partial charge is 0.338 e. The van der Waals surface area contributed by atoms with Gasteiger partial charge in [-0.15, -0.1) is 12.6 Å². The van der Waals surface area contributed by atoms with E-state index in [0.29, 0.717) is 19.5 Å². The number of thiol groups is 1. The van der Waals surface area contributed by atoms with E-state index in [1.54, 1.807) is 12.4 Å². The highest BCUT2D eigenvalue weighted by Gasteiger charge is 2.12. The zero-order chi connectivity index (χ0) is 14.4. The van der Waals surface area contributed by atoms with Gasteiger partial charge in [0.1, 0.15) is 0 Å². The van der Waals surface area contributed by atoms with Crippen LogP contribution in [0.2, 0.25) is 0 Å². The van der Waals surface area contributed by atoms with E-state index >= 15 is 0 Å². The Morgan fingerprint density at radius 3 is 2.35 bits per heavy atom. The quantitative estimate of drug-likeness (QED) is 0.857. The lowest BCUT2D eigenvalue weighted by atomic mass is 10.1. The smallest absolute Gasteiger partial charge is 0.227 e. The minimum atomic E-state index is 0.135. The summed E-state index contributed by atoms with van der Waals surface area (Å²) in [5, 5.41) is 0. The second-order valence-electron chi connectivity index (χ2n) is 4.61. The van der Waals surface area contributed by atoms with Gasteiger partial charge in [0.15, 0.2) is 0 Å². The Morgan fingerprint density at radius 1 is 1.10 bits per heavy atom. The summed E-state index contributed by atoms with van der Waals surface area (Å²) in [5.41, 5.74) is 2.11. The maximum absolute atomic E-state index is 12.3. The van der Waals surface area contributed by atoms with Crippen molar-refractivity contribution >= 4 is 18.5 Å². The van der Waals surface area contributed by atoms with Gasteiger partial charge in [-0.3, -0.25) is 9.78 Å². The molecule has 2 aromatic rings. The second-order valence-corrected chi connectivity index (χ2v) is 5.12. The number of hydrogen-bond donors (Lipinski definition) is 1. The summed E-state index contributed by atoms with van der Waals surface area (Å²) < 4.78 is 0. The predicted molar refractivity (Wildman–Crippen MR) is 82.7 cm³/mol. The third kappa shape index (κ3) is 4.10. The minimum absolute atomic E-state index is 0.135. The SMILES string of the molecule is CCN(Cc1ccncc1)C(=O)Cc1ccc(S)cc1. The van der Waals surface area contributed by atoms with Gasteiger partial charge in [0.25, 0.3) is 0 Å². The molecular formula is C16H18N2OS. The molecule has 0 aliphatic rings. The third-order valence-corrected chi connectivity index (χ3v) is 3.45. The molecule has 0 bridgehead atoms. The molecule has 1 heterocycles. The van der Waals surface area contributed by atoms with E-state index in [0.717, 1.165) is 16.0 Å². The number of hydrogen-bond acceptors (Lipinski definition) is 3. The summed E-state index contributed by atoms with van der Waals surface area (Å²) in [7, 11) is 0. The van der Waals surface area contributed by atoms with E-state index in [1.807, 2.05) is 48.2 Å². The average molecular weight is 286 g/mol. The van der Waals surface area contributed by atoms with E-state index in [9.17, 15) is 4.79 Å². The van der Waals surface area contributed by atoms with E-state index in [2.05, 4.69) is 17.6 Å². The van der Waals surface area contributed by atoms with Crippen molar-refractivity contribution < 1.29 is 4.79 Å². The molecule has 1 aromatic carbocycles. The van der Waals surface area contributed by atoms with Crippen LogP contribution in [-0.4, -0.2) is 22.3 Å². The Bertz CT molecular complexity index is 554. The number of nitrogens with zero attached hydrogens (tertiary/aromatic N) is 2. The van der Waals surface area contributed by atoms with Crippen LogP contribution in [0.15, 0.2) is 53.7 Å². The highest BCUT2D eigenvalue weighted by molar-refractivity contribution is 7.80. The molecule has 0 saturated heterocycles. The lowest BCUT2D eigenvalue weighted by Crippen LogP contribution is -2.31. The molecule has 0 radical (unpaired) electrons. The van der Waals surface area contributed by atoms with E-state index < -0.39 is 0 Å². The van der Waals surface area contributed by atoms with Crippen LogP contribution in [0.1, 0.15) is 18.1 Å². The van der Waals surface area contributed by atoms with E-state index in [-0.39, 0.29) is 5.91 Å². The molecule has 2 rings (SSSR count). The molecule has 0 N–H and O–H groups in total. The summed E-state index contributed by atoms with van der Waals surface area (Å²) in [6, 6.07) is 11.6. The zero-order valence-electron chi connectivity index (χ0n) is 11.5. The first-order chi connectivity index (χ1) is 9.69. The molecule has 0 aliphatic carbocycles. The molecule has 104 valence electrons. The Hall–Kier alpha value is -1.81. The van der Waals surface area contributed by atoms with Crippen molar-refractivity contribution in [1.29, 1.82) is 0 Å². The van der Waals surface area contributed by atoms with Crippen LogP contribution in [-0.2, 0) is 17.8 Å². The molecule has 20 heavy (non-hydrogen) atoms. The first-order valence-electron chi connectivity index (χ1n) is 6.63. The Balaban J connectivity index is 2.00. The van der Waals surface area contributed by atoms with Crippen molar-refractivity contribution in [2.24, 2.45) is 0 Å². The summed E-state index contributed by atoms with van der Waals surface area (Å²) in [6.45, 7) is 3.32. The molecule has 0 fully saturated rings. The van der Waals surface area contributed by atoms with Crippen molar-refractivity contribution in [2.75, 3.05) is 6.54 Å². The molecule has 0 atom stereocenters. The Kier molecular flexibility index (Phi) is 5.18. The fraction of sp³-hybridized carbons (Fsp3) is 0.250. The molecule has 0 unspecified atom stereocenters. The molecule has 0 aliphatic heterocycles. The molecule has 1 amide bonds. The van der Waals surface area contributed by atoms with Crippen molar-refractivity contribution in [1.82, 2.24) is 9.88 Å². The fourth-order valence-electron chi connectivity index (χ4n) is 1.99. The van der Waals surface area contributed by atoms with Crippen LogP contribution in [0.3, 0.4) is 0 Å². The van der Waals surface area contributed by atoms with Crippen LogP contribution in [0.4, 0.5) is 0 Å². The van der Waals surface area contributed by atoms with Gasteiger partial charge in [0, 0.05) is 30.4 Å². The first-order valence-corrected chi connectivity index (χ1v) is 7.08. The summed E-state index contributed by atoms with van der Waals surface area (Å²) in [4.78, 5) is 19.1. The minimum Gasteiger partial charge on any atom is -0.338 e. The summed E-state index contributed by atoms with van der Waals surface area (Å²) in [6.07, 6.45) is 3.92. The second kappa shape index (κ2) is 7.10. The fourth-order valence-corrected chi connectivity index (χ4v) is 2.13. The lowest BCUT2D eigenvalue weighted by Gasteiger charge is -2.21. The van der Waals surface area contributed by atoms with Crippen LogP contribution in [0.5, 0.6) is 0 Å². The van der Waals surface area contributed by atoms with Gasteiger partial charge in [-0.05, 0) is 42.3 Å². The molecule has 0 saturated carbocycles. The number of amides is 1. The highest BCUT2D eigenvalue weighted by Crippen LogP contribution is 2.11. The third-order valence-electron chi connectivity index (χ3n) is 3.15. The highest BCUT2D eigenvalue weighted by atomic mass is 32.1. The monoisotopic (exact) mass is 286 g/mol. The molecule has 1 aromatic heterocycles. The van der Waals surface area contributed by atoms with Crippen molar-refractivity contribution in [3.8, 4) is 0 Å². The van der Waals surface area contributed by atoms with Gasteiger partial charge in [-0.25, -0.2) is 0 Å². The van der Waals surface area contributed by atoms with Gasteiger partial charge in [0.05, 0.1) is 6.42 Å². The van der Waals surface area contributed by atoms with Crippen molar-refractivity contribution in [2.45, 2.75) is 24.8 Å². The van der Waals surface area contributed by atoms with Gasteiger partial charge in [-0.1, -0.05) is 12.1 Å². The van der Waals surface area contributed by atoms with Crippen LogP contribution < -0.4 is 0 Å². The number of rotatable bonds is 5. The van der Waals surface area contributed by atoms with Crippen LogP contribution in [0.25, 0.3) is 0 Å². The van der Waals surface area contributed by atoms with E-state index in [4.69, 9.17) is 0 Å². The summed E-state index contributed by atoms with van der Waals surface area (Å²) in [5.74, 6) is 0.135. The molecule has 4 heteroatoms. The van der Waals surface area contributed by atoms with Gasteiger partial charge < -0.3 is 4.90 Å². The maximum atomic E-state index is 12.3. The van der Waals surface area contributed by atoms with Crippen molar-refractivity contribution in [3.05, 3.63) is 59.9 Å². The van der Waals surface area contributed by atoms with Crippen LogP contribution >= 0.6 is 12.6 Å². The van der Waals surface area contributed by atoms with Gasteiger partial charge >= 0.3 is 0 Å². The molecular weight excluding hydrogens is 268 g/mol. The maximum Gasteiger partial charge on any atom is 0.227 e. The van der Waals surface area contributed by atoms with Gasteiger partial charge in [0.2, 0.25) is 5.91 Å². The Labute approximate surface area is 125 Å². The standard InChI is InChI=1S/C16H18N2OS/c1-2-18(12-14-7-9-17-10-8-14)16(19)11-13-3-5-15(20)6-4-13/h3-10,20H,2,11-12H2,1H3. The topological polar surface area (TPSA) is 33.2 Å². The average Bonchev–Trinajstić information content (AvgIpc) is 2.48. The first kappa shape index (κ1) is 14.6. The zero-order valence-corrected chi connectivity index (χ0v) is 12.4. The van der Waals surface area contributed by atoms with Crippen LogP contribution in [0, 0.1) is 0 Å². The van der Waals surface area contributed by atoms with Crippen molar-refractivity contribution in [3.63, 3.8) is 0 Å². The number of benzene rings is 1. The number of pyridine rings is 1. The van der Waals surface area contributed by atoms with E-state index in [1.165, 1.54) is 0 Å². The van der Waals surface area contributed by atoms with Gasteiger partial charge in [-0.2, -0.15) is 0 Å². The number of carbonyl (C=O) groups excluding carboxylic acids is 1. The number of carbonyl (C=O) groups is 1. The Morgan fingerprint density at radius 2 is 1.75 bits per heavy atom. The molecule has 3 nitrogen and oxygen atoms in total. The predicted octanol–water partition coefficient (Wildman–Crippen LogP) is 2.96. The normalized spacial score (nSPS) is 10.3.